The average Bonchev–Trinajstić information content (AvgIpc) is 2.34. The lowest BCUT2D eigenvalue weighted by atomic mass is 10.3. The summed E-state index contributed by atoms with van der Waals surface area (Å²) in [6.45, 7) is 1.98. The minimum atomic E-state index is 0.525. The van der Waals surface area contributed by atoms with E-state index in [9.17, 15) is 0 Å². The minimum Gasteiger partial charge on any atom is -0.481 e. The molecule has 0 aliphatic carbocycles. The molecule has 0 amide bonds. The Morgan fingerprint density at radius 2 is 1.75 bits per heavy atom. The van der Waals surface area contributed by atoms with Gasteiger partial charge in [-0.3, -0.25) is 0 Å². The maximum atomic E-state index is 5.14. The van der Waals surface area contributed by atoms with Crippen LogP contribution < -0.4 is 14.8 Å². The zero-order valence-electron chi connectivity index (χ0n) is 9.82. The molecule has 0 unspecified atom stereocenters. The standard InChI is InChI=1S/C10H17N3O3/c1-14-5-4-11-6-8-9(15-2)12-7-13-10(8)16-3/h7,11H,4-6H2,1-3H3. The zero-order valence-corrected chi connectivity index (χ0v) is 9.82. The first kappa shape index (κ1) is 12.7. The van der Waals surface area contributed by atoms with E-state index in [-0.39, 0.29) is 0 Å². The van der Waals surface area contributed by atoms with E-state index < -0.39 is 0 Å². The van der Waals surface area contributed by atoms with Crippen molar-refractivity contribution in [2.24, 2.45) is 0 Å². The molecule has 0 spiro atoms. The van der Waals surface area contributed by atoms with Crippen LogP contribution in [0.2, 0.25) is 0 Å². The second-order valence-electron chi connectivity index (χ2n) is 3.04. The maximum absolute atomic E-state index is 5.14. The fourth-order valence-electron chi connectivity index (χ4n) is 1.27. The van der Waals surface area contributed by atoms with E-state index in [2.05, 4.69) is 15.3 Å². The van der Waals surface area contributed by atoms with Crippen molar-refractivity contribution in [3.63, 3.8) is 0 Å². The topological polar surface area (TPSA) is 65.5 Å². The van der Waals surface area contributed by atoms with Gasteiger partial charge in [0.05, 0.1) is 26.4 Å². The van der Waals surface area contributed by atoms with E-state index in [1.54, 1.807) is 21.3 Å². The molecule has 0 bridgehead atoms. The first-order chi connectivity index (χ1) is 7.83. The molecule has 0 saturated carbocycles. The molecule has 0 fully saturated rings. The van der Waals surface area contributed by atoms with Gasteiger partial charge in [-0.1, -0.05) is 0 Å². The van der Waals surface area contributed by atoms with Crippen LogP contribution in [-0.2, 0) is 11.3 Å². The van der Waals surface area contributed by atoms with Crippen molar-refractivity contribution in [2.75, 3.05) is 34.5 Å². The second-order valence-corrected chi connectivity index (χ2v) is 3.04. The van der Waals surface area contributed by atoms with Crippen molar-refractivity contribution in [3.05, 3.63) is 11.9 Å². The van der Waals surface area contributed by atoms with Crippen LogP contribution in [-0.4, -0.2) is 44.4 Å². The minimum absolute atomic E-state index is 0.525. The lowest BCUT2D eigenvalue weighted by Gasteiger charge is -2.11. The third-order valence-corrected chi connectivity index (χ3v) is 2.04. The number of hydrogen-bond donors (Lipinski definition) is 1. The predicted octanol–water partition coefficient (Wildman–Crippen LogP) is 0.230. The molecule has 6 nitrogen and oxygen atoms in total. The van der Waals surface area contributed by atoms with E-state index in [1.165, 1.54) is 6.33 Å². The zero-order chi connectivity index (χ0) is 11.8. The fraction of sp³-hybridized carbons (Fsp3) is 0.600. The van der Waals surface area contributed by atoms with Gasteiger partial charge < -0.3 is 19.5 Å². The van der Waals surface area contributed by atoms with Gasteiger partial charge in [-0.05, 0) is 0 Å². The molecule has 1 aromatic heterocycles. The van der Waals surface area contributed by atoms with Gasteiger partial charge in [-0.2, -0.15) is 0 Å². The molecule has 0 aliphatic heterocycles. The van der Waals surface area contributed by atoms with Gasteiger partial charge in [-0.15, -0.1) is 0 Å². The summed E-state index contributed by atoms with van der Waals surface area (Å²) in [5, 5.41) is 3.19. The predicted molar refractivity (Wildman–Crippen MR) is 58.7 cm³/mol. The Hall–Kier alpha value is -1.40. The Balaban J connectivity index is 2.67. The smallest absolute Gasteiger partial charge is 0.224 e. The second kappa shape index (κ2) is 6.97. The van der Waals surface area contributed by atoms with Gasteiger partial charge in [0.15, 0.2) is 0 Å². The van der Waals surface area contributed by atoms with Crippen molar-refractivity contribution in [2.45, 2.75) is 6.54 Å². The summed E-state index contributed by atoms with van der Waals surface area (Å²) in [4.78, 5) is 8.04. The molecule has 16 heavy (non-hydrogen) atoms. The summed E-state index contributed by atoms with van der Waals surface area (Å²) in [5.41, 5.74) is 0.809. The Labute approximate surface area is 95.0 Å². The van der Waals surface area contributed by atoms with Crippen LogP contribution >= 0.6 is 0 Å². The van der Waals surface area contributed by atoms with Gasteiger partial charge in [-0.25, -0.2) is 9.97 Å². The Morgan fingerprint density at radius 1 is 1.12 bits per heavy atom. The van der Waals surface area contributed by atoms with Gasteiger partial charge in [0.2, 0.25) is 11.8 Å². The molecule has 1 N–H and O–H groups in total. The molecule has 90 valence electrons. The van der Waals surface area contributed by atoms with Crippen LogP contribution in [0.15, 0.2) is 6.33 Å². The third-order valence-electron chi connectivity index (χ3n) is 2.04. The Kier molecular flexibility index (Phi) is 5.52. The number of nitrogens with one attached hydrogen (secondary N) is 1. The summed E-state index contributed by atoms with van der Waals surface area (Å²) in [7, 11) is 4.80. The van der Waals surface area contributed by atoms with E-state index in [0.717, 1.165) is 12.1 Å². The molecule has 0 aliphatic rings. The molecule has 6 heteroatoms. The van der Waals surface area contributed by atoms with Gasteiger partial charge in [0.25, 0.3) is 0 Å². The monoisotopic (exact) mass is 227 g/mol. The van der Waals surface area contributed by atoms with Crippen molar-refractivity contribution >= 4 is 0 Å². The van der Waals surface area contributed by atoms with Gasteiger partial charge in [0, 0.05) is 20.2 Å². The summed E-state index contributed by atoms with van der Waals surface area (Å²) >= 11 is 0. The highest BCUT2D eigenvalue weighted by molar-refractivity contribution is 5.34. The first-order valence-electron chi connectivity index (χ1n) is 4.95. The summed E-state index contributed by atoms with van der Waals surface area (Å²) in [6.07, 6.45) is 1.41. The molecule has 0 saturated heterocycles. The number of ether oxygens (including phenoxy) is 3. The SMILES string of the molecule is COCCNCc1c(OC)ncnc1OC. The molecule has 1 heterocycles. The van der Waals surface area contributed by atoms with Crippen LogP contribution in [0.4, 0.5) is 0 Å². The van der Waals surface area contributed by atoms with Crippen LogP contribution in [0.1, 0.15) is 5.56 Å². The van der Waals surface area contributed by atoms with Crippen LogP contribution in [0.3, 0.4) is 0 Å². The van der Waals surface area contributed by atoms with E-state index >= 15 is 0 Å². The highest BCUT2D eigenvalue weighted by Gasteiger charge is 2.11. The fourth-order valence-corrected chi connectivity index (χ4v) is 1.27. The van der Waals surface area contributed by atoms with Crippen LogP contribution in [0.5, 0.6) is 11.8 Å². The van der Waals surface area contributed by atoms with Crippen molar-refractivity contribution < 1.29 is 14.2 Å². The van der Waals surface area contributed by atoms with E-state index in [1.807, 2.05) is 0 Å². The molecular formula is C10H17N3O3. The van der Waals surface area contributed by atoms with E-state index in [0.29, 0.717) is 24.9 Å². The highest BCUT2D eigenvalue weighted by atomic mass is 16.5. The molecule has 0 radical (unpaired) electrons. The normalized spacial score (nSPS) is 10.2. The molecule has 0 aromatic carbocycles. The maximum Gasteiger partial charge on any atom is 0.224 e. The molecular weight excluding hydrogens is 210 g/mol. The van der Waals surface area contributed by atoms with Crippen LogP contribution in [0.25, 0.3) is 0 Å². The lowest BCUT2D eigenvalue weighted by molar-refractivity contribution is 0.199. The molecule has 1 aromatic rings. The highest BCUT2D eigenvalue weighted by Crippen LogP contribution is 2.22. The van der Waals surface area contributed by atoms with E-state index in [4.69, 9.17) is 14.2 Å². The number of aromatic nitrogens is 2. The van der Waals surface area contributed by atoms with Crippen molar-refractivity contribution in [3.8, 4) is 11.8 Å². The van der Waals surface area contributed by atoms with Crippen LogP contribution in [0, 0.1) is 0 Å². The third kappa shape index (κ3) is 3.32. The number of rotatable bonds is 7. The average molecular weight is 227 g/mol. The number of nitrogens with zero attached hydrogens (tertiary/aromatic N) is 2. The lowest BCUT2D eigenvalue weighted by Crippen LogP contribution is -2.20. The summed E-state index contributed by atoms with van der Waals surface area (Å²) < 4.78 is 15.2. The van der Waals surface area contributed by atoms with Crippen molar-refractivity contribution in [1.82, 2.24) is 15.3 Å². The number of methoxy groups -OCH3 is 3. The molecule has 1 rings (SSSR count). The van der Waals surface area contributed by atoms with Gasteiger partial charge >= 0.3 is 0 Å². The Bertz CT molecular complexity index is 298. The molecule has 0 atom stereocenters. The van der Waals surface area contributed by atoms with Crippen molar-refractivity contribution in [1.29, 1.82) is 0 Å². The van der Waals surface area contributed by atoms with Gasteiger partial charge in [0.1, 0.15) is 6.33 Å². The summed E-state index contributed by atoms with van der Waals surface area (Å²) in [5.74, 6) is 1.05. The Morgan fingerprint density at radius 3 is 2.25 bits per heavy atom. The first-order valence-corrected chi connectivity index (χ1v) is 4.95. The number of hydrogen-bond acceptors (Lipinski definition) is 6. The quantitative estimate of drug-likeness (QED) is 0.673. The summed E-state index contributed by atoms with van der Waals surface area (Å²) in [6, 6.07) is 0. The largest absolute Gasteiger partial charge is 0.481 e.